The number of morpholine rings is 1. The van der Waals surface area contributed by atoms with Crippen LogP contribution < -0.4 is 10.5 Å². The van der Waals surface area contributed by atoms with E-state index in [2.05, 4.69) is 5.10 Å². The summed E-state index contributed by atoms with van der Waals surface area (Å²) < 4.78 is 45.8. The van der Waals surface area contributed by atoms with Crippen molar-refractivity contribution in [2.75, 3.05) is 18.0 Å². The average Bonchev–Trinajstić information content (AvgIpc) is 2.53. The summed E-state index contributed by atoms with van der Waals surface area (Å²) in [5.41, 5.74) is -2.06. The van der Waals surface area contributed by atoms with Crippen molar-refractivity contribution in [1.29, 1.82) is 0 Å². The Morgan fingerprint density at radius 1 is 1.14 bits per heavy atom. The number of alkyl halides is 3. The van der Waals surface area contributed by atoms with Crippen molar-refractivity contribution in [3.8, 4) is 5.69 Å². The Bertz CT molecular complexity index is 938. The van der Waals surface area contributed by atoms with Gasteiger partial charge in [0.1, 0.15) is 5.02 Å². The summed E-state index contributed by atoms with van der Waals surface area (Å²) >= 11 is 6.32. The molecule has 3 rings (SSSR count). The van der Waals surface area contributed by atoms with Gasteiger partial charge in [-0.1, -0.05) is 17.7 Å². The average molecular weight is 416 g/mol. The predicted octanol–water partition coefficient (Wildman–Crippen LogP) is 4.30. The monoisotopic (exact) mass is 415 g/mol. The maximum Gasteiger partial charge on any atom is 0.416 e. The summed E-state index contributed by atoms with van der Waals surface area (Å²) in [5, 5.41) is 3.98. The van der Waals surface area contributed by atoms with Crippen LogP contribution in [-0.2, 0) is 10.9 Å². The molecule has 5 nitrogen and oxygen atoms in total. The van der Waals surface area contributed by atoms with Gasteiger partial charge >= 0.3 is 6.18 Å². The number of nitrogens with zero attached hydrogens (tertiary/aromatic N) is 3. The summed E-state index contributed by atoms with van der Waals surface area (Å²) in [6, 6.07) is 4.40. The van der Waals surface area contributed by atoms with Crippen LogP contribution in [-0.4, -0.2) is 34.1 Å². The first-order valence-electron chi connectivity index (χ1n) is 8.70. The Kier molecular flexibility index (Phi) is 5.00. The van der Waals surface area contributed by atoms with Crippen molar-refractivity contribution < 1.29 is 17.9 Å². The number of hydrogen-bond acceptors (Lipinski definition) is 4. The highest BCUT2D eigenvalue weighted by molar-refractivity contribution is 6.33. The van der Waals surface area contributed by atoms with Crippen molar-refractivity contribution >= 4 is 17.3 Å². The molecule has 0 unspecified atom stereocenters. The lowest BCUT2D eigenvalue weighted by atomic mass is 9.98. The first-order valence-corrected chi connectivity index (χ1v) is 9.07. The second-order valence-corrected chi connectivity index (χ2v) is 8.46. The minimum Gasteiger partial charge on any atom is -0.366 e. The van der Waals surface area contributed by atoms with E-state index in [0.29, 0.717) is 18.8 Å². The third-order valence-corrected chi connectivity index (χ3v) is 4.71. The molecule has 9 heteroatoms. The zero-order valence-corrected chi connectivity index (χ0v) is 16.7. The smallest absolute Gasteiger partial charge is 0.366 e. The molecule has 1 aliphatic rings. The largest absolute Gasteiger partial charge is 0.416 e. The number of rotatable bonds is 2. The third kappa shape index (κ3) is 4.17. The van der Waals surface area contributed by atoms with Gasteiger partial charge in [0, 0.05) is 13.1 Å². The second kappa shape index (κ2) is 6.77. The van der Waals surface area contributed by atoms with Crippen LogP contribution in [0, 0.1) is 0 Å². The zero-order chi connectivity index (χ0) is 20.9. The van der Waals surface area contributed by atoms with Gasteiger partial charge in [-0.05, 0) is 45.9 Å². The lowest BCUT2D eigenvalue weighted by Gasteiger charge is -2.48. The summed E-state index contributed by atoms with van der Waals surface area (Å²) in [5.74, 6) is 0. The first-order chi connectivity index (χ1) is 12.8. The molecule has 0 bridgehead atoms. The Hall–Kier alpha value is -2.06. The highest BCUT2D eigenvalue weighted by Gasteiger charge is 2.39. The fourth-order valence-corrected chi connectivity index (χ4v) is 3.85. The highest BCUT2D eigenvalue weighted by atomic mass is 35.5. The van der Waals surface area contributed by atoms with E-state index in [1.165, 1.54) is 18.3 Å². The molecule has 28 heavy (non-hydrogen) atoms. The van der Waals surface area contributed by atoms with Gasteiger partial charge in [0.15, 0.2) is 0 Å². The molecule has 1 aromatic heterocycles. The molecule has 0 radical (unpaired) electrons. The molecule has 152 valence electrons. The molecule has 1 aliphatic heterocycles. The number of anilines is 1. The number of hydrogen-bond donors (Lipinski definition) is 0. The van der Waals surface area contributed by atoms with Gasteiger partial charge in [0.25, 0.3) is 5.56 Å². The van der Waals surface area contributed by atoms with Gasteiger partial charge in [0.05, 0.1) is 34.3 Å². The van der Waals surface area contributed by atoms with Gasteiger partial charge in [-0.15, -0.1) is 0 Å². The fourth-order valence-electron chi connectivity index (χ4n) is 3.60. The van der Waals surface area contributed by atoms with E-state index in [9.17, 15) is 18.0 Å². The van der Waals surface area contributed by atoms with Gasteiger partial charge in [-0.25, -0.2) is 0 Å². The van der Waals surface area contributed by atoms with Crippen molar-refractivity contribution in [1.82, 2.24) is 9.78 Å². The molecule has 0 saturated carbocycles. The van der Waals surface area contributed by atoms with Crippen molar-refractivity contribution in [3.05, 3.63) is 51.4 Å². The van der Waals surface area contributed by atoms with Crippen LogP contribution in [0.2, 0.25) is 5.02 Å². The first kappa shape index (κ1) is 20.7. The molecule has 0 spiro atoms. The SMILES string of the molecule is CC1(C)CN(c2cnn(-c3cccc(C(F)(F)F)c3)c(=O)c2Cl)CC(C)(C)O1. The molecule has 0 N–H and O–H groups in total. The van der Waals surface area contributed by atoms with E-state index in [4.69, 9.17) is 16.3 Å². The van der Waals surface area contributed by atoms with Crippen molar-refractivity contribution in [2.24, 2.45) is 0 Å². The summed E-state index contributed by atoms with van der Waals surface area (Å²) in [4.78, 5) is 14.7. The predicted molar refractivity (Wildman–Crippen MR) is 101 cm³/mol. The van der Waals surface area contributed by atoms with Crippen LogP contribution in [0.3, 0.4) is 0 Å². The molecule has 1 saturated heterocycles. The molecule has 2 heterocycles. The van der Waals surface area contributed by atoms with Crippen LogP contribution in [0.4, 0.5) is 18.9 Å². The van der Waals surface area contributed by atoms with E-state index in [-0.39, 0.29) is 10.7 Å². The molecule has 1 fully saturated rings. The number of aromatic nitrogens is 2. The standard InChI is InChI=1S/C19H21ClF3N3O2/c1-17(2)10-25(11-18(3,4)28-17)14-9-24-26(16(27)15(14)20)13-7-5-6-12(8-13)19(21,22)23/h5-9H,10-11H2,1-4H3. The third-order valence-electron chi connectivity index (χ3n) is 4.36. The maximum absolute atomic E-state index is 13.0. The van der Waals surface area contributed by atoms with E-state index in [1.54, 1.807) is 0 Å². The van der Waals surface area contributed by atoms with Crippen LogP contribution >= 0.6 is 11.6 Å². The van der Waals surface area contributed by atoms with Gasteiger partial charge in [0.2, 0.25) is 0 Å². The lowest BCUT2D eigenvalue weighted by Crippen LogP contribution is -2.57. The minimum absolute atomic E-state index is 0.00378. The Labute approximate surface area is 165 Å². The topological polar surface area (TPSA) is 47.4 Å². The van der Waals surface area contributed by atoms with Crippen LogP contribution in [0.15, 0.2) is 35.3 Å². The van der Waals surface area contributed by atoms with Gasteiger partial charge < -0.3 is 9.64 Å². The normalized spacial score (nSPS) is 18.9. The molecular weight excluding hydrogens is 395 g/mol. The van der Waals surface area contributed by atoms with Gasteiger partial charge in [-0.3, -0.25) is 4.79 Å². The Balaban J connectivity index is 2.02. The number of ether oxygens (including phenoxy) is 1. The molecular formula is C19H21ClF3N3O2. The molecule has 0 atom stereocenters. The van der Waals surface area contributed by atoms with Gasteiger partial charge in [-0.2, -0.15) is 23.0 Å². The van der Waals surface area contributed by atoms with E-state index >= 15 is 0 Å². The summed E-state index contributed by atoms with van der Waals surface area (Å²) in [7, 11) is 0. The van der Waals surface area contributed by atoms with Crippen LogP contribution in [0.5, 0.6) is 0 Å². The van der Waals surface area contributed by atoms with E-state index in [1.807, 2.05) is 32.6 Å². The molecule has 1 aromatic carbocycles. The fraction of sp³-hybridized carbons (Fsp3) is 0.474. The second-order valence-electron chi connectivity index (χ2n) is 8.09. The number of halogens is 4. The van der Waals surface area contributed by atoms with Crippen LogP contribution in [0.1, 0.15) is 33.3 Å². The van der Waals surface area contributed by atoms with Crippen molar-refractivity contribution in [2.45, 2.75) is 45.1 Å². The molecule has 0 aliphatic carbocycles. The zero-order valence-electron chi connectivity index (χ0n) is 16.0. The maximum atomic E-state index is 13.0. The summed E-state index contributed by atoms with van der Waals surface area (Å²) in [6.07, 6.45) is -3.12. The molecule has 0 amide bonds. The van der Waals surface area contributed by atoms with E-state index in [0.717, 1.165) is 16.8 Å². The Morgan fingerprint density at radius 2 is 1.75 bits per heavy atom. The molecule has 2 aromatic rings. The highest BCUT2D eigenvalue weighted by Crippen LogP contribution is 2.34. The number of benzene rings is 1. The minimum atomic E-state index is -4.52. The summed E-state index contributed by atoms with van der Waals surface area (Å²) in [6.45, 7) is 8.73. The lowest BCUT2D eigenvalue weighted by molar-refractivity contribution is -0.137. The van der Waals surface area contributed by atoms with Crippen molar-refractivity contribution in [3.63, 3.8) is 0 Å². The van der Waals surface area contributed by atoms with Crippen LogP contribution in [0.25, 0.3) is 5.69 Å². The van der Waals surface area contributed by atoms with E-state index < -0.39 is 28.5 Å². The Morgan fingerprint density at radius 3 is 2.32 bits per heavy atom. The quantitative estimate of drug-likeness (QED) is 0.733.